The molecule has 0 saturated heterocycles. The van der Waals surface area contributed by atoms with Gasteiger partial charge in [-0.25, -0.2) is 0 Å². The SMILES string of the molecule is CC1=C=CC(C(C)(C)C)=CN=C1. The van der Waals surface area contributed by atoms with Crippen molar-refractivity contribution in [2.75, 3.05) is 0 Å². The Kier molecular flexibility index (Phi) is 2.35. The lowest BCUT2D eigenvalue weighted by Crippen LogP contribution is -2.06. The van der Waals surface area contributed by atoms with E-state index in [0.717, 1.165) is 5.57 Å². The van der Waals surface area contributed by atoms with Crippen LogP contribution >= 0.6 is 0 Å². The molecule has 0 N–H and O–H groups in total. The fraction of sp³-hybridized carbons (Fsp3) is 0.455. The molecule has 0 aromatic rings. The van der Waals surface area contributed by atoms with Crippen molar-refractivity contribution >= 4 is 6.21 Å². The monoisotopic (exact) mass is 161 g/mol. The molecule has 0 bridgehead atoms. The zero-order valence-corrected chi connectivity index (χ0v) is 8.18. The van der Waals surface area contributed by atoms with Gasteiger partial charge < -0.3 is 0 Å². The molecule has 1 heterocycles. The van der Waals surface area contributed by atoms with E-state index in [1.54, 1.807) is 0 Å². The van der Waals surface area contributed by atoms with Gasteiger partial charge in [0.15, 0.2) is 0 Å². The smallest absolute Gasteiger partial charge is 0.0374 e. The topological polar surface area (TPSA) is 12.4 Å². The molecule has 0 spiro atoms. The van der Waals surface area contributed by atoms with Crippen LogP contribution in [0.4, 0.5) is 0 Å². The van der Waals surface area contributed by atoms with Crippen molar-refractivity contribution in [3.63, 3.8) is 0 Å². The molecule has 0 aliphatic carbocycles. The Morgan fingerprint density at radius 1 is 1.33 bits per heavy atom. The van der Waals surface area contributed by atoms with Gasteiger partial charge in [0.1, 0.15) is 0 Å². The van der Waals surface area contributed by atoms with Gasteiger partial charge in [0.25, 0.3) is 0 Å². The van der Waals surface area contributed by atoms with Crippen LogP contribution < -0.4 is 0 Å². The highest BCUT2D eigenvalue weighted by molar-refractivity contribution is 5.78. The van der Waals surface area contributed by atoms with Gasteiger partial charge in [-0.05, 0) is 24.0 Å². The van der Waals surface area contributed by atoms with Crippen LogP contribution in [0.3, 0.4) is 0 Å². The average Bonchev–Trinajstić information content (AvgIpc) is 2.11. The molecule has 0 aromatic heterocycles. The minimum Gasteiger partial charge on any atom is -0.263 e. The molecule has 1 nitrogen and oxygen atoms in total. The zero-order chi connectivity index (χ0) is 9.19. The first-order valence-electron chi connectivity index (χ1n) is 4.17. The standard InChI is InChI=1S/C11H15N/c1-9-5-6-10(8-12-7-9)11(2,3)4/h6-8H,1-4H3. The first kappa shape index (κ1) is 9.02. The van der Waals surface area contributed by atoms with Gasteiger partial charge in [-0.1, -0.05) is 20.8 Å². The molecule has 0 unspecified atom stereocenters. The van der Waals surface area contributed by atoms with E-state index in [1.807, 2.05) is 25.4 Å². The Hall–Kier alpha value is -1.07. The highest BCUT2D eigenvalue weighted by atomic mass is 14.7. The van der Waals surface area contributed by atoms with Crippen LogP contribution in [-0.4, -0.2) is 6.21 Å². The lowest BCUT2D eigenvalue weighted by atomic mass is 9.87. The van der Waals surface area contributed by atoms with Crippen LogP contribution in [0.1, 0.15) is 27.7 Å². The third-order valence-corrected chi connectivity index (χ3v) is 1.80. The normalized spacial score (nSPS) is 17.0. The summed E-state index contributed by atoms with van der Waals surface area (Å²) in [5.74, 6) is 0. The maximum absolute atomic E-state index is 4.18. The van der Waals surface area contributed by atoms with Crippen LogP contribution in [0.2, 0.25) is 0 Å². The van der Waals surface area contributed by atoms with Crippen molar-refractivity contribution in [1.82, 2.24) is 0 Å². The van der Waals surface area contributed by atoms with Gasteiger partial charge in [0.2, 0.25) is 0 Å². The summed E-state index contributed by atoms with van der Waals surface area (Å²) >= 11 is 0. The highest BCUT2D eigenvalue weighted by Crippen LogP contribution is 2.26. The summed E-state index contributed by atoms with van der Waals surface area (Å²) in [5, 5.41) is 0. The van der Waals surface area contributed by atoms with Crippen molar-refractivity contribution < 1.29 is 0 Å². The number of aliphatic imine (C=N–C) groups is 1. The van der Waals surface area contributed by atoms with Crippen molar-refractivity contribution in [1.29, 1.82) is 0 Å². The Morgan fingerprint density at radius 3 is 2.58 bits per heavy atom. The van der Waals surface area contributed by atoms with Crippen LogP contribution in [-0.2, 0) is 0 Å². The highest BCUT2D eigenvalue weighted by Gasteiger charge is 2.14. The predicted octanol–water partition coefficient (Wildman–Crippen LogP) is 3.10. The van der Waals surface area contributed by atoms with E-state index < -0.39 is 0 Å². The number of hydrogen-bond acceptors (Lipinski definition) is 1. The number of nitrogens with zero attached hydrogens (tertiary/aromatic N) is 1. The molecular weight excluding hydrogens is 146 g/mol. The number of allylic oxidation sites excluding steroid dienone is 2. The second kappa shape index (κ2) is 3.12. The van der Waals surface area contributed by atoms with E-state index in [1.165, 1.54) is 5.57 Å². The second-order valence-electron chi connectivity index (χ2n) is 4.08. The third kappa shape index (κ3) is 2.21. The molecule has 0 amide bonds. The summed E-state index contributed by atoms with van der Waals surface area (Å²) in [4.78, 5) is 4.18. The molecular formula is C11H15N. The molecule has 12 heavy (non-hydrogen) atoms. The molecule has 1 aliphatic heterocycles. The molecule has 0 radical (unpaired) electrons. The first-order chi connectivity index (χ1) is 5.50. The van der Waals surface area contributed by atoms with E-state index in [-0.39, 0.29) is 5.41 Å². The van der Waals surface area contributed by atoms with Gasteiger partial charge in [-0.3, -0.25) is 4.99 Å². The Bertz CT molecular complexity index is 291. The Labute approximate surface area is 74.2 Å². The summed E-state index contributed by atoms with van der Waals surface area (Å²) < 4.78 is 0. The summed E-state index contributed by atoms with van der Waals surface area (Å²) in [6.45, 7) is 8.52. The quantitative estimate of drug-likeness (QED) is 0.484. The number of hydrogen-bond donors (Lipinski definition) is 0. The summed E-state index contributed by atoms with van der Waals surface area (Å²) in [5.41, 5.74) is 5.63. The van der Waals surface area contributed by atoms with Crippen molar-refractivity contribution in [3.05, 3.63) is 29.2 Å². The van der Waals surface area contributed by atoms with Gasteiger partial charge in [-0.15, -0.1) is 5.73 Å². The Morgan fingerprint density at radius 2 is 2.00 bits per heavy atom. The maximum Gasteiger partial charge on any atom is 0.0374 e. The van der Waals surface area contributed by atoms with Gasteiger partial charge in [0.05, 0.1) is 0 Å². The van der Waals surface area contributed by atoms with E-state index >= 15 is 0 Å². The molecule has 1 aliphatic rings. The molecule has 0 fully saturated rings. The van der Waals surface area contributed by atoms with E-state index in [2.05, 4.69) is 31.5 Å². The van der Waals surface area contributed by atoms with Crippen LogP contribution in [0.25, 0.3) is 0 Å². The van der Waals surface area contributed by atoms with Crippen molar-refractivity contribution in [3.8, 4) is 0 Å². The largest absolute Gasteiger partial charge is 0.263 e. The maximum atomic E-state index is 4.18. The first-order valence-corrected chi connectivity index (χ1v) is 4.17. The third-order valence-electron chi connectivity index (χ3n) is 1.80. The summed E-state index contributed by atoms with van der Waals surface area (Å²) in [6.07, 6.45) is 5.75. The molecule has 64 valence electrons. The Balaban J connectivity index is 3.04. The van der Waals surface area contributed by atoms with Gasteiger partial charge >= 0.3 is 0 Å². The molecule has 0 atom stereocenters. The average molecular weight is 161 g/mol. The van der Waals surface area contributed by atoms with E-state index in [9.17, 15) is 0 Å². The number of rotatable bonds is 0. The van der Waals surface area contributed by atoms with Crippen LogP contribution in [0.15, 0.2) is 34.1 Å². The second-order valence-corrected chi connectivity index (χ2v) is 4.08. The summed E-state index contributed by atoms with van der Waals surface area (Å²) in [6, 6.07) is 0. The predicted molar refractivity (Wildman–Crippen MR) is 53.3 cm³/mol. The van der Waals surface area contributed by atoms with Crippen LogP contribution in [0, 0.1) is 5.41 Å². The van der Waals surface area contributed by atoms with Crippen molar-refractivity contribution in [2.45, 2.75) is 27.7 Å². The van der Waals surface area contributed by atoms with E-state index in [0.29, 0.717) is 0 Å². The fourth-order valence-corrected chi connectivity index (χ4v) is 0.906. The molecule has 0 saturated carbocycles. The van der Waals surface area contributed by atoms with E-state index in [4.69, 9.17) is 0 Å². The zero-order valence-electron chi connectivity index (χ0n) is 8.18. The van der Waals surface area contributed by atoms with Crippen LogP contribution in [0.5, 0.6) is 0 Å². The minimum atomic E-state index is 0.162. The molecule has 1 heteroatoms. The lowest BCUT2D eigenvalue weighted by molar-refractivity contribution is 0.516. The lowest BCUT2D eigenvalue weighted by Gasteiger charge is -2.18. The van der Waals surface area contributed by atoms with Gasteiger partial charge in [0, 0.05) is 18.0 Å². The molecule has 0 aromatic carbocycles. The fourth-order valence-electron chi connectivity index (χ4n) is 0.906. The van der Waals surface area contributed by atoms with Gasteiger partial charge in [-0.2, -0.15) is 0 Å². The summed E-state index contributed by atoms with van der Waals surface area (Å²) in [7, 11) is 0. The van der Waals surface area contributed by atoms with Crippen molar-refractivity contribution in [2.24, 2.45) is 10.4 Å². The minimum absolute atomic E-state index is 0.162. The molecule has 1 rings (SSSR count).